The van der Waals surface area contributed by atoms with Crippen LogP contribution in [-0.4, -0.2) is 71.4 Å². The van der Waals surface area contributed by atoms with Crippen LogP contribution in [0.5, 0.6) is 0 Å². The molecule has 2 amide bonds. The molecule has 1 saturated heterocycles. The minimum Gasteiger partial charge on any atom is -0.347 e. The lowest BCUT2D eigenvalue weighted by Crippen LogP contribution is -2.59. The summed E-state index contributed by atoms with van der Waals surface area (Å²) in [4.78, 5) is 41.5. The van der Waals surface area contributed by atoms with Crippen molar-refractivity contribution in [3.05, 3.63) is 65.3 Å². The van der Waals surface area contributed by atoms with Crippen LogP contribution in [0.2, 0.25) is 0 Å². The second kappa shape index (κ2) is 9.48. The first kappa shape index (κ1) is 22.0. The number of hydrogen-bond acceptors (Lipinski definition) is 6. The third-order valence-electron chi connectivity index (χ3n) is 5.70. The fourth-order valence-corrected chi connectivity index (χ4v) is 4.63. The predicted molar refractivity (Wildman–Crippen MR) is 127 cm³/mol. The lowest BCUT2D eigenvalue weighted by atomic mass is 9.99. The van der Waals surface area contributed by atoms with Crippen molar-refractivity contribution in [2.45, 2.75) is 19.4 Å². The van der Waals surface area contributed by atoms with Gasteiger partial charge in [0.05, 0.1) is 5.56 Å². The van der Waals surface area contributed by atoms with Crippen molar-refractivity contribution < 1.29 is 9.59 Å². The van der Waals surface area contributed by atoms with Gasteiger partial charge >= 0.3 is 0 Å². The molecule has 7 nitrogen and oxygen atoms in total. The van der Waals surface area contributed by atoms with E-state index in [9.17, 15) is 9.59 Å². The second-order valence-electron chi connectivity index (χ2n) is 7.98. The van der Waals surface area contributed by atoms with Crippen molar-refractivity contribution >= 4 is 29.1 Å². The lowest BCUT2D eigenvalue weighted by molar-refractivity contribution is -0.139. The number of nitrogens with zero attached hydrogens (tertiary/aromatic N) is 5. The zero-order valence-corrected chi connectivity index (χ0v) is 19.4. The van der Waals surface area contributed by atoms with Crippen molar-refractivity contribution in [1.29, 1.82) is 0 Å². The van der Waals surface area contributed by atoms with Gasteiger partial charge in [-0.15, -0.1) is 11.3 Å². The van der Waals surface area contributed by atoms with Crippen LogP contribution in [0, 0.1) is 0 Å². The zero-order valence-electron chi connectivity index (χ0n) is 18.6. The number of thiophene rings is 1. The summed E-state index contributed by atoms with van der Waals surface area (Å²) in [7, 11) is 3.69. The number of likely N-dealkylation sites (N-methyl/N-ethyl adjacent to an activating group) is 1. The number of anilines is 1. The van der Waals surface area contributed by atoms with E-state index in [0.717, 1.165) is 11.1 Å². The van der Waals surface area contributed by atoms with Crippen molar-refractivity contribution in [2.24, 2.45) is 0 Å². The second-order valence-corrected chi connectivity index (χ2v) is 8.92. The molecule has 166 valence electrons. The first-order valence-electron chi connectivity index (χ1n) is 10.7. The number of amides is 2. The van der Waals surface area contributed by atoms with Gasteiger partial charge in [0.2, 0.25) is 11.9 Å². The highest BCUT2D eigenvalue weighted by Gasteiger charge is 2.37. The molecule has 0 aliphatic carbocycles. The smallest absolute Gasteiger partial charge is 0.257 e. The maximum absolute atomic E-state index is 13.3. The topological polar surface area (TPSA) is 69.6 Å². The van der Waals surface area contributed by atoms with E-state index >= 15 is 0 Å². The highest BCUT2D eigenvalue weighted by atomic mass is 32.1. The Balaban J connectivity index is 1.57. The maximum Gasteiger partial charge on any atom is 0.257 e. The minimum atomic E-state index is -0.544. The van der Waals surface area contributed by atoms with Gasteiger partial charge in [0.1, 0.15) is 6.04 Å². The largest absolute Gasteiger partial charge is 0.347 e. The Morgan fingerprint density at radius 3 is 2.44 bits per heavy atom. The number of carbonyl (C=O) groups excluding carboxylic acids is 2. The Morgan fingerprint density at radius 1 is 1.12 bits per heavy atom. The van der Waals surface area contributed by atoms with Crippen LogP contribution in [-0.2, 0) is 11.2 Å². The van der Waals surface area contributed by atoms with E-state index in [1.54, 1.807) is 21.1 Å². The molecule has 2 aromatic heterocycles. The standard InChI is InChI=1S/C24H27N5O2S/c1-4-28-11-12-29(22(30)19-15-25-24(26-16-19)27(2)3)20(23(28)31)14-17-7-9-18(10-8-17)21-6-5-13-32-21/h5-10,13,15-16,20H,4,11-12,14H2,1-3H3/t20-/m1/s1. The average Bonchev–Trinajstić information content (AvgIpc) is 3.35. The molecule has 1 aromatic carbocycles. The third-order valence-corrected chi connectivity index (χ3v) is 6.62. The lowest BCUT2D eigenvalue weighted by Gasteiger charge is -2.40. The summed E-state index contributed by atoms with van der Waals surface area (Å²) in [5, 5.41) is 2.06. The minimum absolute atomic E-state index is 0.0136. The molecule has 3 aromatic rings. The molecule has 1 aliphatic heterocycles. The predicted octanol–water partition coefficient (Wildman–Crippen LogP) is 3.19. The number of rotatable bonds is 6. The summed E-state index contributed by atoms with van der Waals surface area (Å²) >= 11 is 1.70. The van der Waals surface area contributed by atoms with E-state index in [0.29, 0.717) is 37.6 Å². The van der Waals surface area contributed by atoms with Gasteiger partial charge in [-0.05, 0) is 29.5 Å². The summed E-state index contributed by atoms with van der Waals surface area (Å²) in [6.07, 6.45) is 3.55. The number of benzene rings is 1. The molecule has 3 heterocycles. The zero-order chi connectivity index (χ0) is 22.7. The van der Waals surface area contributed by atoms with Gasteiger partial charge in [-0.1, -0.05) is 30.3 Å². The van der Waals surface area contributed by atoms with E-state index < -0.39 is 6.04 Å². The van der Waals surface area contributed by atoms with Crippen molar-refractivity contribution in [3.8, 4) is 10.4 Å². The van der Waals surface area contributed by atoms with Crippen molar-refractivity contribution in [3.63, 3.8) is 0 Å². The molecular weight excluding hydrogens is 422 g/mol. The molecular formula is C24H27N5O2S. The molecule has 1 fully saturated rings. The number of aromatic nitrogens is 2. The summed E-state index contributed by atoms with van der Waals surface area (Å²) < 4.78 is 0. The van der Waals surface area contributed by atoms with Gasteiger partial charge in [0.25, 0.3) is 5.91 Å². The molecule has 0 radical (unpaired) electrons. The van der Waals surface area contributed by atoms with E-state index in [2.05, 4.69) is 33.5 Å². The third kappa shape index (κ3) is 4.50. The van der Waals surface area contributed by atoms with Gasteiger partial charge < -0.3 is 14.7 Å². The van der Waals surface area contributed by atoms with Crippen LogP contribution in [0.3, 0.4) is 0 Å². The van der Waals surface area contributed by atoms with Crippen molar-refractivity contribution in [1.82, 2.24) is 19.8 Å². The maximum atomic E-state index is 13.3. The van der Waals surface area contributed by atoms with Gasteiger partial charge in [0, 0.05) is 57.4 Å². The molecule has 4 rings (SSSR count). The highest BCUT2D eigenvalue weighted by molar-refractivity contribution is 7.13. The number of hydrogen-bond donors (Lipinski definition) is 0. The highest BCUT2D eigenvalue weighted by Crippen LogP contribution is 2.26. The van der Waals surface area contributed by atoms with Crippen LogP contribution in [0.1, 0.15) is 22.8 Å². The Kier molecular flexibility index (Phi) is 6.50. The Labute approximate surface area is 192 Å². The average molecular weight is 450 g/mol. The summed E-state index contributed by atoms with van der Waals surface area (Å²) in [6, 6.07) is 11.8. The van der Waals surface area contributed by atoms with Gasteiger partial charge in [-0.3, -0.25) is 9.59 Å². The molecule has 0 spiro atoms. The van der Waals surface area contributed by atoms with Crippen LogP contribution >= 0.6 is 11.3 Å². The van der Waals surface area contributed by atoms with E-state index in [-0.39, 0.29) is 11.8 Å². The summed E-state index contributed by atoms with van der Waals surface area (Å²) in [5.74, 6) is 0.315. The van der Waals surface area contributed by atoms with Crippen LogP contribution in [0.4, 0.5) is 5.95 Å². The quantitative estimate of drug-likeness (QED) is 0.578. The SMILES string of the molecule is CCN1CCN(C(=O)c2cnc(N(C)C)nc2)[C@H](Cc2ccc(-c3cccs3)cc2)C1=O. The summed E-state index contributed by atoms with van der Waals surface area (Å²) in [6.45, 7) is 3.63. The van der Waals surface area contributed by atoms with E-state index in [1.165, 1.54) is 17.3 Å². The summed E-state index contributed by atoms with van der Waals surface area (Å²) in [5.41, 5.74) is 2.57. The van der Waals surface area contributed by atoms with Crippen LogP contribution < -0.4 is 4.90 Å². The van der Waals surface area contributed by atoms with Crippen molar-refractivity contribution in [2.75, 3.05) is 38.6 Å². The molecule has 0 bridgehead atoms. The Morgan fingerprint density at radius 2 is 1.84 bits per heavy atom. The number of piperazine rings is 1. The Bertz CT molecular complexity index is 1060. The monoisotopic (exact) mass is 449 g/mol. The molecule has 0 unspecified atom stereocenters. The van der Waals surface area contributed by atoms with Gasteiger partial charge in [0.15, 0.2) is 0 Å². The normalized spacial score (nSPS) is 16.3. The molecule has 0 N–H and O–H groups in total. The fourth-order valence-electron chi connectivity index (χ4n) is 3.89. The first-order valence-corrected chi connectivity index (χ1v) is 11.6. The molecule has 1 atom stereocenters. The number of carbonyl (C=O) groups is 2. The molecule has 0 saturated carbocycles. The fraction of sp³-hybridized carbons (Fsp3) is 0.333. The Hall–Kier alpha value is -3.26. The van der Waals surface area contributed by atoms with Crippen LogP contribution in [0.15, 0.2) is 54.2 Å². The molecule has 8 heteroatoms. The first-order chi connectivity index (χ1) is 15.5. The van der Waals surface area contributed by atoms with Gasteiger partial charge in [-0.25, -0.2) is 9.97 Å². The van der Waals surface area contributed by atoms with E-state index in [1.807, 2.05) is 44.1 Å². The van der Waals surface area contributed by atoms with Crippen LogP contribution in [0.25, 0.3) is 10.4 Å². The van der Waals surface area contributed by atoms with Gasteiger partial charge in [-0.2, -0.15) is 0 Å². The molecule has 1 aliphatic rings. The van der Waals surface area contributed by atoms with E-state index in [4.69, 9.17) is 0 Å². The molecule has 32 heavy (non-hydrogen) atoms.